The van der Waals surface area contributed by atoms with Crippen molar-refractivity contribution in [2.75, 3.05) is 6.61 Å². The lowest BCUT2D eigenvalue weighted by atomic mass is 9.82. The molecule has 0 bridgehead atoms. The van der Waals surface area contributed by atoms with Crippen LogP contribution in [0.2, 0.25) is 0 Å². The number of hydrogen-bond acceptors (Lipinski definition) is 4. The van der Waals surface area contributed by atoms with Gasteiger partial charge in [0.05, 0.1) is 12.1 Å². The highest BCUT2D eigenvalue weighted by atomic mass is 16.5. The third-order valence-corrected chi connectivity index (χ3v) is 3.35. The lowest BCUT2D eigenvalue weighted by Gasteiger charge is -2.36. The Morgan fingerprint density at radius 2 is 2.24 bits per heavy atom. The van der Waals surface area contributed by atoms with Crippen LogP contribution in [0, 0.1) is 6.92 Å². The maximum absolute atomic E-state index is 11.9. The summed E-state index contributed by atoms with van der Waals surface area (Å²) in [6, 6.07) is 1.60. The highest BCUT2D eigenvalue weighted by Gasteiger charge is 2.33. The number of nitrogens with one attached hydrogen (secondary N) is 1. The van der Waals surface area contributed by atoms with E-state index in [1.54, 1.807) is 13.0 Å². The molecule has 1 aliphatic rings. The zero-order valence-electron chi connectivity index (χ0n) is 10.0. The van der Waals surface area contributed by atoms with Gasteiger partial charge in [-0.05, 0) is 19.8 Å². The molecule has 0 unspecified atom stereocenters. The van der Waals surface area contributed by atoms with Gasteiger partial charge in [0.2, 0.25) is 0 Å². The average molecular weight is 238 g/mol. The van der Waals surface area contributed by atoms with Crippen LogP contribution in [0.4, 0.5) is 0 Å². The first kappa shape index (κ1) is 12.1. The number of aromatic nitrogens is 1. The summed E-state index contributed by atoms with van der Waals surface area (Å²) in [5.74, 6) is 0.342. The van der Waals surface area contributed by atoms with E-state index in [-0.39, 0.29) is 18.2 Å². The van der Waals surface area contributed by atoms with E-state index in [2.05, 4.69) is 10.5 Å². The van der Waals surface area contributed by atoms with E-state index in [0.717, 1.165) is 25.7 Å². The van der Waals surface area contributed by atoms with Crippen LogP contribution in [-0.2, 0) is 0 Å². The second kappa shape index (κ2) is 4.87. The Bertz CT molecular complexity index is 394. The second-order valence-electron chi connectivity index (χ2n) is 4.78. The van der Waals surface area contributed by atoms with Gasteiger partial charge in [-0.25, -0.2) is 0 Å². The average Bonchev–Trinajstić information content (AvgIpc) is 2.77. The minimum atomic E-state index is -0.470. The number of aliphatic hydroxyl groups excluding tert-OH is 1. The number of carbonyl (C=O) groups excluding carboxylic acids is 1. The van der Waals surface area contributed by atoms with Crippen molar-refractivity contribution in [1.29, 1.82) is 0 Å². The van der Waals surface area contributed by atoms with Crippen LogP contribution in [0.1, 0.15) is 48.4 Å². The van der Waals surface area contributed by atoms with Crippen molar-refractivity contribution < 1.29 is 14.4 Å². The van der Waals surface area contributed by atoms with Gasteiger partial charge in [0.1, 0.15) is 5.76 Å². The van der Waals surface area contributed by atoms with E-state index in [1.165, 1.54) is 6.42 Å². The normalized spacial score (nSPS) is 18.9. The van der Waals surface area contributed by atoms with Crippen molar-refractivity contribution in [2.24, 2.45) is 0 Å². The fourth-order valence-electron chi connectivity index (χ4n) is 2.33. The van der Waals surface area contributed by atoms with Gasteiger partial charge in [-0.1, -0.05) is 24.4 Å². The highest BCUT2D eigenvalue weighted by Crippen LogP contribution is 2.28. The Morgan fingerprint density at radius 1 is 1.53 bits per heavy atom. The van der Waals surface area contributed by atoms with E-state index < -0.39 is 5.54 Å². The molecule has 1 aromatic rings. The molecule has 2 rings (SSSR count). The molecule has 17 heavy (non-hydrogen) atoms. The fourth-order valence-corrected chi connectivity index (χ4v) is 2.33. The van der Waals surface area contributed by atoms with Crippen LogP contribution < -0.4 is 5.32 Å². The number of aryl methyl sites for hydroxylation is 1. The fraction of sp³-hybridized carbons (Fsp3) is 0.667. The van der Waals surface area contributed by atoms with E-state index in [9.17, 15) is 9.90 Å². The smallest absolute Gasteiger partial charge is 0.273 e. The quantitative estimate of drug-likeness (QED) is 0.834. The lowest BCUT2D eigenvalue weighted by Crippen LogP contribution is -2.52. The van der Waals surface area contributed by atoms with Crippen molar-refractivity contribution in [3.05, 3.63) is 17.5 Å². The van der Waals surface area contributed by atoms with Gasteiger partial charge in [0.25, 0.3) is 5.91 Å². The summed E-state index contributed by atoms with van der Waals surface area (Å²) in [4.78, 5) is 11.9. The molecule has 0 saturated heterocycles. The Labute approximate surface area is 100 Å². The summed E-state index contributed by atoms with van der Waals surface area (Å²) >= 11 is 0. The first-order valence-electron chi connectivity index (χ1n) is 6.02. The molecule has 1 heterocycles. The summed E-state index contributed by atoms with van der Waals surface area (Å²) in [7, 11) is 0. The molecule has 1 fully saturated rings. The molecule has 1 amide bonds. The predicted molar refractivity (Wildman–Crippen MR) is 61.6 cm³/mol. The molecule has 2 N–H and O–H groups in total. The Morgan fingerprint density at radius 3 is 2.76 bits per heavy atom. The summed E-state index contributed by atoms with van der Waals surface area (Å²) in [5.41, 5.74) is -0.191. The minimum Gasteiger partial charge on any atom is -0.394 e. The van der Waals surface area contributed by atoms with E-state index in [0.29, 0.717) is 5.76 Å². The van der Waals surface area contributed by atoms with Crippen molar-refractivity contribution in [2.45, 2.75) is 44.6 Å². The van der Waals surface area contributed by atoms with E-state index in [4.69, 9.17) is 4.52 Å². The molecule has 5 heteroatoms. The van der Waals surface area contributed by atoms with Gasteiger partial charge in [-0.2, -0.15) is 0 Å². The number of carbonyl (C=O) groups is 1. The highest BCUT2D eigenvalue weighted by molar-refractivity contribution is 5.92. The summed E-state index contributed by atoms with van der Waals surface area (Å²) < 4.78 is 4.87. The Kier molecular flexibility index (Phi) is 3.47. The van der Waals surface area contributed by atoms with Crippen molar-refractivity contribution >= 4 is 5.91 Å². The van der Waals surface area contributed by atoms with Crippen molar-refractivity contribution in [1.82, 2.24) is 10.5 Å². The number of hydrogen-bond donors (Lipinski definition) is 2. The molecule has 0 spiro atoms. The molecule has 0 aliphatic heterocycles. The largest absolute Gasteiger partial charge is 0.394 e. The van der Waals surface area contributed by atoms with Crippen LogP contribution in [0.5, 0.6) is 0 Å². The van der Waals surface area contributed by atoms with Gasteiger partial charge < -0.3 is 14.9 Å². The van der Waals surface area contributed by atoms with Gasteiger partial charge in [0, 0.05) is 6.07 Å². The first-order chi connectivity index (χ1) is 8.15. The van der Waals surface area contributed by atoms with Gasteiger partial charge in [-0.3, -0.25) is 4.79 Å². The Balaban J connectivity index is 2.05. The second-order valence-corrected chi connectivity index (χ2v) is 4.78. The standard InChI is InChI=1S/C12H18N2O3/c1-9-7-10(14-17-9)11(16)13-12(8-15)5-3-2-4-6-12/h7,15H,2-6,8H2,1H3,(H,13,16). The molecule has 1 saturated carbocycles. The monoisotopic (exact) mass is 238 g/mol. The van der Waals surface area contributed by atoms with Gasteiger partial charge in [-0.15, -0.1) is 0 Å². The number of amides is 1. The lowest BCUT2D eigenvalue weighted by molar-refractivity contribution is 0.0750. The maximum Gasteiger partial charge on any atom is 0.273 e. The van der Waals surface area contributed by atoms with Crippen molar-refractivity contribution in [3.63, 3.8) is 0 Å². The minimum absolute atomic E-state index is 0.0183. The molecule has 0 radical (unpaired) electrons. The zero-order chi connectivity index (χ0) is 12.3. The van der Waals surface area contributed by atoms with Crippen LogP contribution in [0.25, 0.3) is 0 Å². The summed E-state index contributed by atoms with van der Waals surface area (Å²) in [6.07, 6.45) is 4.90. The van der Waals surface area contributed by atoms with Crippen LogP contribution in [-0.4, -0.2) is 28.3 Å². The van der Waals surface area contributed by atoms with Crippen LogP contribution in [0.3, 0.4) is 0 Å². The van der Waals surface area contributed by atoms with Gasteiger partial charge in [0.15, 0.2) is 5.69 Å². The predicted octanol–water partition coefficient (Wildman–Crippen LogP) is 1.41. The Hall–Kier alpha value is -1.36. The SMILES string of the molecule is Cc1cc(C(=O)NC2(CO)CCCCC2)no1. The van der Waals surface area contributed by atoms with Gasteiger partial charge >= 0.3 is 0 Å². The third kappa shape index (κ3) is 2.66. The molecular weight excluding hydrogens is 220 g/mol. The zero-order valence-corrected chi connectivity index (χ0v) is 10.0. The molecule has 94 valence electrons. The van der Waals surface area contributed by atoms with Crippen molar-refractivity contribution in [3.8, 4) is 0 Å². The summed E-state index contributed by atoms with van der Waals surface area (Å²) in [6.45, 7) is 1.72. The van der Waals surface area contributed by atoms with E-state index >= 15 is 0 Å². The molecule has 0 aromatic carbocycles. The third-order valence-electron chi connectivity index (χ3n) is 3.35. The number of aliphatic hydroxyl groups is 1. The number of nitrogens with zero attached hydrogens (tertiary/aromatic N) is 1. The molecule has 1 aromatic heterocycles. The molecule has 0 atom stereocenters. The molecular formula is C12H18N2O3. The number of rotatable bonds is 3. The maximum atomic E-state index is 11.9. The molecule has 1 aliphatic carbocycles. The van der Waals surface area contributed by atoms with Crippen LogP contribution >= 0.6 is 0 Å². The topological polar surface area (TPSA) is 75.4 Å². The first-order valence-corrected chi connectivity index (χ1v) is 6.02. The van der Waals surface area contributed by atoms with E-state index in [1.807, 2.05) is 0 Å². The summed E-state index contributed by atoms with van der Waals surface area (Å²) in [5, 5.41) is 16.1. The van der Waals surface area contributed by atoms with Crippen LogP contribution in [0.15, 0.2) is 10.6 Å². The molecule has 5 nitrogen and oxygen atoms in total.